The number of methoxy groups -OCH3 is 1. The molecule has 0 saturated carbocycles. The molecule has 1 aliphatic rings. The first-order valence-electron chi connectivity index (χ1n) is 16.1. The first-order valence-corrected chi connectivity index (χ1v) is 16.1. The molecule has 2 atom stereocenters. The average molecular weight is 605 g/mol. The monoisotopic (exact) mass is 604 g/mol. The highest BCUT2D eigenvalue weighted by Crippen LogP contribution is 2.37. The zero-order chi connectivity index (χ0) is 31.4. The lowest BCUT2D eigenvalue weighted by Crippen LogP contribution is -2.27. The van der Waals surface area contributed by atoms with Crippen molar-refractivity contribution in [2.75, 3.05) is 26.9 Å². The van der Waals surface area contributed by atoms with E-state index in [-0.39, 0.29) is 12.1 Å². The highest BCUT2D eigenvalue weighted by molar-refractivity contribution is 5.77. The van der Waals surface area contributed by atoms with Crippen LogP contribution in [0.4, 0.5) is 0 Å². The Labute approximate surface area is 267 Å². The van der Waals surface area contributed by atoms with Crippen molar-refractivity contribution in [2.45, 2.75) is 58.2 Å². The van der Waals surface area contributed by atoms with E-state index in [0.29, 0.717) is 26.2 Å². The third kappa shape index (κ3) is 8.72. The minimum atomic E-state index is -0.623. The molecule has 5 rings (SSSR count). The van der Waals surface area contributed by atoms with E-state index < -0.39 is 6.10 Å². The quantitative estimate of drug-likeness (QED) is 0.101. The molecule has 0 heterocycles. The van der Waals surface area contributed by atoms with Crippen molar-refractivity contribution in [1.82, 2.24) is 0 Å². The van der Waals surface area contributed by atoms with Gasteiger partial charge in [0.15, 0.2) is 6.10 Å². The molecule has 45 heavy (non-hydrogen) atoms. The van der Waals surface area contributed by atoms with E-state index in [0.717, 1.165) is 24.2 Å². The Bertz CT molecular complexity index is 1560. The minimum Gasteiger partial charge on any atom is -0.491 e. The maximum absolute atomic E-state index is 12.1. The van der Waals surface area contributed by atoms with Gasteiger partial charge < -0.3 is 18.9 Å². The van der Waals surface area contributed by atoms with E-state index in [1.807, 2.05) is 24.3 Å². The summed E-state index contributed by atoms with van der Waals surface area (Å²) in [6, 6.07) is 31.9. The van der Waals surface area contributed by atoms with Gasteiger partial charge >= 0.3 is 5.97 Å². The van der Waals surface area contributed by atoms with Crippen LogP contribution in [0.2, 0.25) is 0 Å². The summed E-state index contributed by atoms with van der Waals surface area (Å²) in [4.78, 5) is 12.1. The lowest BCUT2D eigenvalue weighted by molar-refractivity contribution is -0.154. The summed E-state index contributed by atoms with van der Waals surface area (Å²) in [5.74, 6) is 0.404. The second-order valence-electron chi connectivity index (χ2n) is 11.4. The number of rotatable bonds is 15. The fourth-order valence-electron chi connectivity index (χ4n) is 5.78. The summed E-state index contributed by atoms with van der Waals surface area (Å²) < 4.78 is 23.1. The van der Waals surface area contributed by atoms with Gasteiger partial charge in [-0.1, -0.05) is 104 Å². The number of ether oxygens (including phenoxy) is 4. The number of unbranched alkanes of at least 4 members (excludes halogenated alkanes) is 1. The molecule has 4 aromatic carbocycles. The molecule has 0 saturated heterocycles. The van der Waals surface area contributed by atoms with Gasteiger partial charge in [0, 0.05) is 13.5 Å². The Balaban J connectivity index is 1.28. The average Bonchev–Trinajstić information content (AvgIpc) is 3.21. The molecule has 0 spiro atoms. The van der Waals surface area contributed by atoms with E-state index in [2.05, 4.69) is 85.8 Å². The highest BCUT2D eigenvalue weighted by atomic mass is 16.6. The standard InChI is InChI=1S/C40H44O5/c1-4-6-10-30-15-21-36-33(26-30)17-18-34-27-32(25-29-11-8-7-9-12-29)16-22-37(34)39(36)45-24-23-44-35-19-13-31(14-20-35)28-38(42-3)40(41)43-5-2/h7-9,11-22,26-27,38-39H,4-6,10,23-25,28H2,1-3H3. The summed E-state index contributed by atoms with van der Waals surface area (Å²) in [6.07, 6.45) is 8.44. The second kappa shape index (κ2) is 16.2. The maximum atomic E-state index is 12.1. The fraction of sp³-hybridized carbons (Fsp3) is 0.325. The predicted octanol–water partition coefficient (Wildman–Crippen LogP) is 8.41. The number of benzene rings is 4. The molecular weight excluding hydrogens is 560 g/mol. The maximum Gasteiger partial charge on any atom is 0.335 e. The molecule has 0 aromatic heterocycles. The van der Waals surface area contributed by atoms with Crippen molar-refractivity contribution in [3.63, 3.8) is 0 Å². The van der Waals surface area contributed by atoms with Crippen molar-refractivity contribution in [2.24, 2.45) is 0 Å². The number of hydrogen-bond acceptors (Lipinski definition) is 5. The van der Waals surface area contributed by atoms with Crippen LogP contribution in [0.5, 0.6) is 5.75 Å². The molecule has 0 N–H and O–H groups in total. The molecule has 0 fully saturated rings. The Hall–Kier alpha value is -4.19. The number of hydrogen-bond donors (Lipinski definition) is 0. The van der Waals surface area contributed by atoms with Crippen molar-refractivity contribution < 1.29 is 23.7 Å². The van der Waals surface area contributed by atoms with Gasteiger partial charge in [0.25, 0.3) is 0 Å². The lowest BCUT2D eigenvalue weighted by Gasteiger charge is -2.22. The van der Waals surface area contributed by atoms with Gasteiger partial charge in [0.2, 0.25) is 0 Å². The van der Waals surface area contributed by atoms with Crippen LogP contribution in [0, 0.1) is 0 Å². The predicted molar refractivity (Wildman–Crippen MR) is 181 cm³/mol. The molecular formula is C40H44O5. The van der Waals surface area contributed by atoms with Gasteiger partial charge in [-0.15, -0.1) is 0 Å². The normalized spacial score (nSPS) is 14.2. The summed E-state index contributed by atoms with van der Waals surface area (Å²) in [6.45, 7) is 5.20. The fourth-order valence-corrected chi connectivity index (χ4v) is 5.78. The van der Waals surface area contributed by atoms with Crippen LogP contribution < -0.4 is 4.74 Å². The van der Waals surface area contributed by atoms with Crippen molar-refractivity contribution >= 4 is 18.1 Å². The van der Waals surface area contributed by atoms with Gasteiger partial charge in [-0.25, -0.2) is 4.79 Å². The summed E-state index contributed by atoms with van der Waals surface area (Å²) >= 11 is 0. The lowest BCUT2D eigenvalue weighted by atomic mass is 9.92. The summed E-state index contributed by atoms with van der Waals surface area (Å²) in [5, 5.41) is 0. The van der Waals surface area contributed by atoms with Gasteiger partial charge in [0.05, 0.1) is 13.2 Å². The largest absolute Gasteiger partial charge is 0.491 e. The number of carbonyl (C=O) groups is 1. The molecule has 0 radical (unpaired) electrons. The topological polar surface area (TPSA) is 54.0 Å². The number of fused-ring (bicyclic) bond motifs is 2. The second-order valence-corrected chi connectivity index (χ2v) is 11.4. The Morgan fingerprint density at radius 1 is 0.756 bits per heavy atom. The molecule has 0 aliphatic heterocycles. The zero-order valence-corrected chi connectivity index (χ0v) is 26.7. The van der Waals surface area contributed by atoms with Crippen molar-refractivity contribution in [3.8, 4) is 5.75 Å². The smallest absolute Gasteiger partial charge is 0.335 e. The third-order valence-corrected chi connectivity index (χ3v) is 8.19. The molecule has 2 unspecified atom stereocenters. The molecule has 1 aliphatic carbocycles. The van der Waals surface area contributed by atoms with Crippen LogP contribution in [-0.4, -0.2) is 39.0 Å². The van der Waals surface area contributed by atoms with Gasteiger partial charge in [-0.2, -0.15) is 0 Å². The zero-order valence-electron chi connectivity index (χ0n) is 26.7. The van der Waals surface area contributed by atoms with E-state index in [1.165, 1.54) is 58.9 Å². The molecule has 5 nitrogen and oxygen atoms in total. The first-order chi connectivity index (χ1) is 22.1. The van der Waals surface area contributed by atoms with Crippen molar-refractivity contribution in [1.29, 1.82) is 0 Å². The van der Waals surface area contributed by atoms with Crippen LogP contribution in [-0.2, 0) is 38.3 Å². The van der Waals surface area contributed by atoms with Crippen LogP contribution >= 0.6 is 0 Å². The van der Waals surface area contributed by atoms with Crippen LogP contribution in [0.1, 0.15) is 77.3 Å². The van der Waals surface area contributed by atoms with Gasteiger partial charge in [-0.05, 0) is 82.8 Å². The molecule has 234 valence electrons. The third-order valence-electron chi connectivity index (χ3n) is 8.19. The van der Waals surface area contributed by atoms with Gasteiger partial charge in [-0.3, -0.25) is 0 Å². The Kier molecular flexibility index (Phi) is 11.6. The van der Waals surface area contributed by atoms with Gasteiger partial charge in [0.1, 0.15) is 18.5 Å². The molecule has 4 aromatic rings. The molecule has 0 bridgehead atoms. The number of aryl methyl sites for hydroxylation is 1. The van der Waals surface area contributed by atoms with Crippen molar-refractivity contribution in [3.05, 3.63) is 136 Å². The van der Waals surface area contributed by atoms with Crippen LogP contribution in [0.15, 0.2) is 91.0 Å². The van der Waals surface area contributed by atoms with E-state index >= 15 is 0 Å². The Morgan fingerprint density at radius 3 is 2.09 bits per heavy atom. The van der Waals surface area contributed by atoms with Crippen LogP contribution in [0.3, 0.4) is 0 Å². The van der Waals surface area contributed by atoms with E-state index in [4.69, 9.17) is 18.9 Å². The first kappa shape index (κ1) is 32.2. The SMILES string of the molecule is CCCCc1ccc2c(c1)C=Cc1cc(Cc3ccccc3)ccc1C2OCCOc1ccc(CC(OC)C(=O)OCC)cc1. The summed E-state index contributed by atoms with van der Waals surface area (Å²) in [5.41, 5.74) is 9.67. The van der Waals surface area contributed by atoms with E-state index in [1.54, 1.807) is 6.92 Å². The minimum absolute atomic E-state index is 0.198. The molecule has 5 heteroatoms. The highest BCUT2D eigenvalue weighted by Gasteiger charge is 2.23. The summed E-state index contributed by atoms with van der Waals surface area (Å²) in [7, 11) is 1.52. The number of carbonyl (C=O) groups excluding carboxylic acids is 1. The number of esters is 1. The Morgan fingerprint density at radius 2 is 1.42 bits per heavy atom. The van der Waals surface area contributed by atoms with E-state index in [9.17, 15) is 4.79 Å². The van der Waals surface area contributed by atoms with Crippen LogP contribution in [0.25, 0.3) is 12.2 Å². The molecule has 0 amide bonds.